The van der Waals surface area contributed by atoms with Crippen molar-refractivity contribution in [3.63, 3.8) is 0 Å². The number of rotatable bonds is 7. The SMILES string of the molecule is O=c1c(NCCN2CCCCC2)nc2ccc(-c3ccc(F)cc3)nc2n1CC1CCOCC1. The van der Waals surface area contributed by atoms with Crippen LogP contribution in [0.4, 0.5) is 10.2 Å². The van der Waals surface area contributed by atoms with E-state index in [1.54, 1.807) is 16.7 Å². The maximum absolute atomic E-state index is 13.5. The topological polar surface area (TPSA) is 72.3 Å². The largest absolute Gasteiger partial charge is 0.381 e. The summed E-state index contributed by atoms with van der Waals surface area (Å²) in [6, 6.07) is 10.0. The summed E-state index contributed by atoms with van der Waals surface area (Å²) in [7, 11) is 0. The number of likely N-dealkylation sites (tertiary alicyclic amines) is 1. The van der Waals surface area contributed by atoms with E-state index >= 15 is 0 Å². The predicted octanol–water partition coefficient (Wildman–Crippen LogP) is 3.92. The standard InChI is InChI=1S/C26H32FN5O2/c27-21-6-4-20(5-7-21)22-8-9-23-25(30-22)32(18-19-10-16-34-17-11-19)26(33)24(29-23)28-12-15-31-13-2-1-3-14-31/h4-9,19H,1-3,10-18H2,(H,28,29). The highest BCUT2D eigenvalue weighted by Gasteiger charge is 2.20. The van der Waals surface area contributed by atoms with Crippen LogP contribution in [0.25, 0.3) is 22.4 Å². The van der Waals surface area contributed by atoms with E-state index in [-0.39, 0.29) is 11.4 Å². The lowest BCUT2D eigenvalue weighted by Gasteiger charge is -2.26. The summed E-state index contributed by atoms with van der Waals surface area (Å²) in [5, 5.41) is 3.30. The van der Waals surface area contributed by atoms with Crippen molar-refractivity contribution in [3.05, 3.63) is 52.6 Å². The molecule has 7 nitrogen and oxygen atoms in total. The molecule has 1 aromatic carbocycles. The van der Waals surface area contributed by atoms with Crippen LogP contribution in [-0.4, -0.2) is 58.8 Å². The highest BCUT2D eigenvalue weighted by Crippen LogP contribution is 2.23. The molecule has 0 radical (unpaired) electrons. The summed E-state index contributed by atoms with van der Waals surface area (Å²) in [5.41, 5.74) is 2.61. The van der Waals surface area contributed by atoms with Crippen LogP contribution in [0.1, 0.15) is 32.1 Å². The van der Waals surface area contributed by atoms with Crippen LogP contribution in [0.3, 0.4) is 0 Å². The Bertz CT molecular complexity index is 1170. The zero-order valence-corrected chi connectivity index (χ0v) is 19.5. The maximum atomic E-state index is 13.5. The average Bonchev–Trinajstić information content (AvgIpc) is 2.88. The van der Waals surface area contributed by atoms with Gasteiger partial charge in [-0.3, -0.25) is 9.36 Å². The van der Waals surface area contributed by atoms with E-state index in [1.807, 2.05) is 12.1 Å². The minimum atomic E-state index is -0.289. The van der Waals surface area contributed by atoms with Crippen molar-refractivity contribution in [1.29, 1.82) is 0 Å². The van der Waals surface area contributed by atoms with Gasteiger partial charge < -0.3 is 15.0 Å². The smallest absolute Gasteiger partial charge is 0.294 e. The average molecular weight is 466 g/mol. The molecule has 0 aliphatic carbocycles. The van der Waals surface area contributed by atoms with Gasteiger partial charge in [0.1, 0.15) is 11.3 Å². The minimum absolute atomic E-state index is 0.138. The van der Waals surface area contributed by atoms with Gasteiger partial charge in [-0.05, 0) is 81.1 Å². The zero-order valence-electron chi connectivity index (χ0n) is 19.5. The number of halogens is 1. The molecule has 0 bridgehead atoms. The zero-order chi connectivity index (χ0) is 23.3. The van der Waals surface area contributed by atoms with Gasteiger partial charge in [-0.15, -0.1) is 0 Å². The van der Waals surface area contributed by atoms with Crippen molar-refractivity contribution in [1.82, 2.24) is 19.4 Å². The summed E-state index contributed by atoms with van der Waals surface area (Å²) in [4.78, 5) is 25.4. The first-order chi connectivity index (χ1) is 16.7. The molecule has 0 saturated carbocycles. The van der Waals surface area contributed by atoms with Crippen LogP contribution >= 0.6 is 0 Å². The number of hydrogen-bond donors (Lipinski definition) is 1. The van der Waals surface area contributed by atoms with Crippen molar-refractivity contribution in [2.75, 3.05) is 44.7 Å². The van der Waals surface area contributed by atoms with E-state index in [9.17, 15) is 9.18 Å². The van der Waals surface area contributed by atoms with Gasteiger partial charge in [-0.25, -0.2) is 14.4 Å². The number of pyridine rings is 1. The van der Waals surface area contributed by atoms with Gasteiger partial charge in [-0.1, -0.05) is 6.42 Å². The van der Waals surface area contributed by atoms with Crippen molar-refractivity contribution in [2.45, 2.75) is 38.6 Å². The van der Waals surface area contributed by atoms with Gasteiger partial charge >= 0.3 is 0 Å². The highest BCUT2D eigenvalue weighted by molar-refractivity contribution is 5.76. The fourth-order valence-electron chi connectivity index (χ4n) is 4.89. The third-order valence-electron chi connectivity index (χ3n) is 6.88. The quantitative estimate of drug-likeness (QED) is 0.570. The van der Waals surface area contributed by atoms with E-state index in [0.29, 0.717) is 41.7 Å². The van der Waals surface area contributed by atoms with Crippen LogP contribution in [0.2, 0.25) is 0 Å². The first-order valence-electron chi connectivity index (χ1n) is 12.4. The number of nitrogens with one attached hydrogen (secondary N) is 1. The third kappa shape index (κ3) is 5.28. The summed E-state index contributed by atoms with van der Waals surface area (Å²) < 4.78 is 20.7. The minimum Gasteiger partial charge on any atom is -0.381 e. The Balaban J connectivity index is 1.46. The molecular formula is C26H32FN5O2. The molecule has 1 N–H and O–H groups in total. The number of fused-ring (bicyclic) bond motifs is 1. The Labute approximate surface area is 199 Å². The molecule has 8 heteroatoms. The predicted molar refractivity (Wildman–Crippen MR) is 132 cm³/mol. The van der Waals surface area contributed by atoms with Gasteiger partial charge in [0.2, 0.25) is 0 Å². The Morgan fingerprint density at radius 1 is 1.00 bits per heavy atom. The number of piperidine rings is 1. The molecule has 0 unspecified atom stereocenters. The number of nitrogens with zero attached hydrogens (tertiary/aromatic N) is 4. The van der Waals surface area contributed by atoms with Crippen LogP contribution in [0, 0.1) is 11.7 Å². The van der Waals surface area contributed by atoms with E-state index in [0.717, 1.165) is 51.3 Å². The first-order valence-corrected chi connectivity index (χ1v) is 12.4. The molecule has 5 rings (SSSR count). The van der Waals surface area contributed by atoms with Crippen molar-refractivity contribution >= 4 is 17.0 Å². The van der Waals surface area contributed by atoms with Crippen molar-refractivity contribution in [2.24, 2.45) is 5.92 Å². The Kier molecular flexibility index (Phi) is 7.16. The lowest BCUT2D eigenvalue weighted by molar-refractivity contribution is 0.0613. The molecule has 34 heavy (non-hydrogen) atoms. The molecule has 2 fully saturated rings. The molecule has 0 atom stereocenters. The summed E-state index contributed by atoms with van der Waals surface area (Å²) in [5.74, 6) is 0.449. The summed E-state index contributed by atoms with van der Waals surface area (Å²) in [6.45, 7) is 5.86. The number of hydrogen-bond acceptors (Lipinski definition) is 6. The fraction of sp³-hybridized carbons (Fsp3) is 0.500. The first kappa shape index (κ1) is 22.9. The van der Waals surface area contributed by atoms with Gasteiger partial charge in [-0.2, -0.15) is 0 Å². The molecule has 2 aromatic heterocycles. The van der Waals surface area contributed by atoms with Gasteiger partial charge in [0.15, 0.2) is 11.5 Å². The lowest BCUT2D eigenvalue weighted by Crippen LogP contribution is -2.35. The van der Waals surface area contributed by atoms with Crippen LogP contribution in [-0.2, 0) is 11.3 Å². The second-order valence-electron chi connectivity index (χ2n) is 9.31. The van der Waals surface area contributed by atoms with E-state index in [2.05, 4.69) is 15.2 Å². The van der Waals surface area contributed by atoms with Crippen LogP contribution in [0.5, 0.6) is 0 Å². The van der Waals surface area contributed by atoms with Gasteiger partial charge in [0.05, 0.1) is 5.69 Å². The number of anilines is 1. The molecule has 4 heterocycles. The number of benzene rings is 1. The third-order valence-corrected chi connectivity index (χ3v) is 6.88. The number of aromatic nitrogens is 3. The summed E-state index contributed by atoms with van der Waals surface area (Å²) in [6.07, 6.45) is 5.64. The summed E-state index contributed by atoms with van der Waals surface area (Å²) >= 11 is 0. The van der Waals surface area contributed by atoms with E-state index in [1.165, 1.54) is 31.4 Å². The maximum Gasteiger partial charge on any atom is 0.294 e. The van der Waals surface area contributed by atoms with E-state index in [4.69, 9.17) is 9.72 Å². The molecule has 180 valence electrons. The molecule has 2 aliphatic rings. The molecule has 2 aliphatic heterocycles. The fourth-order valence-corrected chi connectivity index (χ4v) is 4.89. The monoisotopic (exact) mass is 465 g/mol. The van der Waals surface area contributed by atoms with Crippen LogP contribution < -0.4 is 10.9 Å². The van der Waals surface area contributed by atoms with Crippen molar-refractivity contribution in [3.8, 4) is 11.3 Å². The van der Waals surface area contributed by atoms with Crippen LogP contribution in [0.15, 0.2) is 41.2 Å². The Morgan fingerprint density at radius 3 is 2.53 bits per heavy atom. The molecule has 3 aromatic rings. The van der Waals surface area contributed by atoms with Gasteiger partial charge in [0.25, 0.3) is 5.56 Å². The molecule has 2 saturated heterocycles. The molecular weight excluding hydrogens is 433 g/mol. The van der Waals surface area contributed by atoms with Gasteiger partial charge in [0, 0.05) is 38.4 Å². The number of ether oxygens (including phenoxy) is 1. The normalized spacial score (nSPS) is 17.8. The lowest BCUT2D eigenvalue weighted by atomic mass is 10.0. The Hall–Kier alpha value is -2.84. The second kappa shape index (κ2) is 10.6. The highest BCUT2D eigenvalue weighted by atomic mass is 19.1. The second-order valence-corrected chi connectivity index (χ2v) is 9.31. The van der Waals surface area contributed by atoms with E-state index < -0.39 is 0 Å². The molecule has 0 amide bonds. The Morgan fingerprint density at radius 2 is 1.76 bits per heavy atom. The van der Waals surface area contributed by atoms with Crippen molar-refractivity contribution < 1.29 is 9.13 Å². The molecule has 0 spiro atoms.